The number of halogens is 4. The molecule has 1 aromatic heterocycles. The van der Waals surface area contributed by atoms with E-state index in [1.165, 1.54) is 36.3 Å². The van der Waals surface area contributed by atoms with E-state index in [1.54, 1.807) is 6.20 Å². The molecule has 0 aliphatic carbocycles. The van der Waals surface area contributed by atoms with Gasteiger partial charge in [-0.25, -0.2) is 9.98 Å². The van der Waals surface area contributed by atoms with Gasteiger partial charge in [-0.15, -0.1) is 0 Å². The van der Waals surface area contributed by atoms with Crippen LogP contribution in [0, 0.1) is 0 Å². The number of benzene rings is 1. The quantitative estimate of drug-likeness (QED) is 0.616. The summed E-state index contributed by atoms with van der Waals surface area (Å²) in [5.41, 5.74) is -1.13. The molecule has 0 atom stereocenters. The highest BCUT2D eigenvalue weighted by Crippen LogP contribution is 2.38. The molecule has 1 heterocycles. The van der Waals surface area contributed by atoms with Gasteiger partial charge in [0, 0.05) is 24.5 Å². The Kier molecular flexibility index (Phi) is 6.13. The molecule has 2 rings (SSSR count). The predicted molar refractivity (Wildman–Crippen MR) is 79.8 cm³/mol. The monoisotopic (exact) mass is 333 g/mol. The average Bonchev–Trinajstić information content (AvgIpc) is 2.93. The lowest BCUT2D eigenvalue weighted by Crippen LogP contribution is -2.16. The molecule has 0 unspecified atom stereocenters. The van der Waals surface area contributed by atoms with Gasteiger partial charge in [-0.2, -0.15) is 13.2 Å². The molecule has 0 N–H and O–H groups in total. The molecule has 0 aliphatic rings. The fourth-order valence-corrected chi connectivity index (χ4v) is 1.85. The van der Waals surface area contributed by atoms with Crippen molar-refractivity contribution < 1.29 is 17.9 Å². The molecule has 0 spiro atoms. The van der Waals surface area contributed by atoms with Gasteiger partial charge in [-0.1, -0.05) is 19.0 Å². The number of hydrogen-bond donors (Lipinski definition) is 0. The molecule has 8 heteroatoms. The molecule has 0 radical (unpaired) electrons. The van der Waals surface area contributed by atoms with Crippen LogP contribution in [0.3, 0.4) is 0 Å². The van der Waals surface area contributed by atoms with Crippen LogP contribution in [-0.4, -0.2) is 29.1 Å². The number of methoxy groups -OCH3 is 1. The molecule has 0 saturated carbocycles. The van der Waals surface area contributed by atoms with Gasteiger partial charge in [0.25, 0.3) is 0 Å². The standard InChI is InChI=1S/C13H11ClF3N3O.CH4/c1-21-7-12(20-5-4-18-8-20)19-11-3-2-9(14)6-10(11)13(15,16)17;/h2-6,8H,7H2,1H3;1H4. The smallest absolute Gasteiger partial charge is 0.377 e. The van der Waals surface area contributed by atoms with Crippen LogP contribution in [-0.2, 0) is 10.9 Å². The van der Waals surface area contributed by atoms with Crippen molar-refractivity contribution in [2.45, 2.75) is 13.6 Å². The normalized spacial score (nSPS) is 12.1. The van der Waals surface area contributed by atoms with Gasteiger partial charge in [-0.05, 0) is 18.2 Å². The minimum atomic E-state index is -4.54. The first-order valence-corrected chi connectivity index (χ1v) is 6.21. The van der Waals surface area contributed by atoms with E-state index in [2.05, 4.69) is 9.98 Å². The van der Waals surface area contributed by atoms with Crippen LogP contribution in [0.5, 0.6) is 0 Å². The molecule has 0 saturated heterocycles. The summed E-state index contributed by atoms with van der Waals surface area (Å²) in [5.74, 6) is 0.280. The van der Waals surface area contributed by atoms with Crippen LogP contribution in [0.4, 0.5) is 18.9 Å². The van der Waals surface area contributed by atoms with E-state index < -0.39 is 11.7 Å². The molecule has 2 aromatic rings. The second-order valence-corrected chi connectivity index (χ2v) is 4.53. The lowest BCUT2D eigenvalue weighted by molar-refractivity contribution is -0.137. The van der Waals surface area contributed by atoms with E-state index in [0.717, 1.165) is 6.07 Å². The average molecular weight is 334 g/mol. The molecular formula is C14H15ClF3N3O. The van der Waals surface area contributed by atoms with Crippen molar-refractivity contribution in [1.82, 2.24) is 9.55 Å². The zero-order valence-corrected chi connectivity index (χ0v) is 11.7. The second-order valence-electron chi connectivity index (χ2n) is 4.09. The number of ether oxygens (including phenoxy) is 1. The van der Waals surface area contributed by atoms with Crippen molar-refractivity contribution in [2.75, 3.05) is 13.7 Å². The van der Waals surface area contributed by atoms with E-state index >= 15 is 0 Å². The second kappa shape index (κ2) is 7.42. The van der Waals surface area contributed by atoms with Crippen LogP contribution in [0.1, 0.15) is 13.0 Å². The summed E-state index contributed by atoms with van der Waals surface area (Å²) in [6, 6.07) is 3.42. The largest absolute Gasteiger partial charge is 0.418 e. The van der Waals surface area contributed by atoms with E-state index in [4.69, 9.17) is 16.3 Å². The third kappa shape index (κ3) is 4.32. The lowest BCUT2D eigenvalue weighted by Gasteiger charge is -2.12. The van der Waals surface area contributed by atoms with Crippen molar-refractivity contribution in [2.24, 2.45) is 4.99 Å². The first-order chi connectivity index (χ1) is 9.91. The maximum Gasteiger partial charge on any atom is 0.418 e. The van der Waals surface area contributed by atoms with Gasteiger partial charge in [-0.3, -0.25) is 4.57 Å². The summed E-state index contributed by atoms with van der Waals surface area (Å²) in [6.45, 7) is 0.0380. The highest BCUT2D eigenvalue weighted by Gasteiger charge is 2.34. The van der Waals surface area contributed by atoms with Gasteiger partial charge in [0.2, 0.25) is 0 Å². The zero-order chi connectivity index (χ0) is 15.5. The Hall–Kier alpha value is -1.86. The Bertz CT molecular complexity index is 639. The van der Waals surface area contributed by atoms with Gasteiger partial charge in [0.05, 0.1) is 11.3 Å². The van der Waals surface area contributed by atoms with E-state index in [-0.39, 0.29) is 30.6 Å². The van der Waals surface area contributed by atoms with E-state index in [1.807, 2.05) is 0 Å². The first kappa shape index (κ1) is 18.2. The SMILES string of the molecule is C.COCC(=Nc1ccc(Cl)cc1C(F)(F)F)n1ccnc1. The minimum Gasteiger partial charge on any atom is -0.377 e. The molecular weight excluding hydrogens is 319 g/mol. The van der Waals surface area contributed by atoms with Crippen molar-refractivity contribution in [1.29, 1.82) is 0 Å². The maximum absolute atomic E-state index is 13.0. The molecule has 1 aromatic carbocycles. The van der Waals surface area contributed by atoms with Crippen molar-refractivity contribution in [3.8, 4) is 0 Å². The Morgan fingerprint density at radius 1 is 1.41 bits per heavy atom. The van der Waals surface area contributed by atoms with Crippen molar-refractivity contribution >= 4 is 23.1 Å². The lowest BCUT2D eigenvalue weighted by atomic mass is 10.1. The number of aliphatic imine (C=N–C) groups is 1. The van der Waals surface area contributed by atoms with Crippen molar-refractivity contribution in [3.63, 3.8) is 0 Å². The van der Waals surface area contributed by atoms with E-state index in [9.17, 15) is 13.2 Å². The number of alkyl halides is 3. The Morgan fingerprint density at radius 2 is 2.14 bits per heavy atom. The molecule has 0 fully saturated rings. The van der Waals surface area contributed by atoms with Crippen LogP contribution < -0.4 is 0 Å². The summed E-state index contributed by atoms with van der Waals surface area (Å²) < 4.78 is 45.5. The van der Waals surface area contributed by atoms with Gasteiger partial charge in [0.15, 0.2) is 0 Å². The first-order valence-electron chi connectivity index (χ1n) is 5.83. The number of nitrogens with zero attached hydrogens (tertiary/aromatic N) is 3. The molecule has 0 bridgehead atoms. The highest BCUT2D eigenvalue weighted by molar-refractivity contribution is 6.30. The number of rotatable bonds is 3. The molecule has 4 nitrogen and oxygen atoms in total. The van der Waals surface area contributed by atoms with Crippen molar-refractivity contribution in [3.05, 3.63) is 47.5 Å². The third-order valence-electron chi connectivity index (χ3n) is 2.59. The molecule has 0 amide bonds. The topological polar surface area (TPSA) is 39.4 Å². The molecule has 120 valence electrons. The Balaban J connectivity index is 0.00000242. The number of hydrogen-bond acceptors (Lipinski definition) is 3. The number of imidazole rings is 1. The van der Waals surface area contributed by atoms with Crippen LogP contribution in [0.25, 0.3) is 0 Å². The highest BCUT2D eigenvalue weighted by atomic mass is 35.5. The van der Waals surface area contributed by atoms with Gasteiger partial charge in [0.1, 0.15) is 18.8 Å². The third-order valence-corrected chi connectivity index (χ3v) is 2.82. The molecule has 22 heavy (non-hydrogen) atoms. The minimum absolute atomic E-state index is 0. The Morgan fingerprint density at radius 3 is 2.68 bits per heavy atom. The van der Waals surface area contributed by atoms with Gasteiger partial charge < -0.3 is 4.74 Å². The van der Waals surface area contributed by atoms with Gasteiger partial charge >= 0.3 is 6.18 Å². The van der Waals surface area contributed by atoms with Crippen LogP contribution >= 0.6 is 11.6 Å². The summed E-state index contributed by atoms with van der Waals surface area (Å²) in [5, 5.41) is -0.00260. The van der Waals surface area contributed by atoms with Crippen LogP contribution in [0.15, 0.2) is 41.9 Å². The predicted octanol–water partition coefficient (Wildman–Crippen LogP) is 4.42. The molecule has 0 aliphatic heterocycles. The number of aromatic nitrogens is 2. The fraction of sp³-hybridized carbons (Fsp3) is 0.286. The maximum atomic E-state index is 13.0. The Labute approximate surface area is 131 Å². The van der Waals surface area contributed by atoms with E-state index in [0.29, 0.717) is 0 Å². The summed E-state index contributed by atoms with van der Waals surface area (Å²) in [4.78, 5) is 7.87. The fourth-order valence-electron chi connectivity index (χ4n) is 1.68. The summed E-state index contributed by atoms with van der Waals surface area (Å²) in [6.07, 6.45) is -0.0450. The van der Waals surface area contributed by atoms with Crippen LogP contribution in [0.2, 0.25) is 5.02 Å². The summed E-state index contributed by atoms with van der Waals surface area (Å²) in [7, 11) is 1.43. The summed E-state index contributed by atoms with van der Waals surface area (Å²) >= 11 is 5.63. The zero-order valence-electron chi connectivity index (χ0n) is 10.9.